The van der Waals surface area contributed by atoms with E-state index < -0.39 is 0 Å². The fourth-order valence-corrected chi connectivity index (χ4v) is 3.30. The highest BCUT2D eigenvalue weighted by Gasteiger charge is 2.22. The van der Waals surface area contributed by atoms with E-state index in [1.165, 1.54) is 10.4 Å². The third kappa shape index (κ3) is 4.47. The Morgan fingerprint density at radius 2 is 2.14 bits per heavy atom. The molecule has 0 bridgehead atoms. The van der Waals surface area contributed by atoms with Gasteiger partial charge in [0.1, 0.15) is 11.9 Å². The van der Waals surface area contributed by atoms with E-state index in [0.717, 1.165) is 18.7 Å². The third-order valence-corrected chi connectivity index (χ3v) is 4.53. The SMILES string of the molecule is CCCNC(c1ccsc1C)C(C)Oc1cccc(Cl)c1. The van der Waals surface area contributed by atoms with E-state index in [1.807, 2.05) is 24.3 Å². The lowest BCUT2D eigenvalue weighted by molar-refractivity contribution is 0.170. The van der Waals surface area contributed by atoms with Gasteiger partial charge in [0.25, 0.3) is 0 Å². The van der Waals surface area contributed by atoms with Gasteiger partial charge >= 0.3 is 0 Å². The summed E-state index contributed by atoms with van der Waals surface area (Å²) < 4.78 is 6.09. The first-order valence-corrected chi connectivity index (χ1v) is 8.57. The normalized spacial score (nSPS) is 13.9. The minimum Gasteiger partial charge on any atom is -0.489 e. The average molecular weight is 324 g/mol. The number of aryl methyl sites for hydroxylation is 1. The van der Waals surface area contributed by atoms with Gasteiger partial charge in [-0.25, -0.2) is 0 Å². The van der Waals surface area contributed by atoms with E-state index in [0.29, 0.717) is 5.02 Å². The Kier molecular flexibility index (Phi) is 6.09. The van der Waals surface area contributed by atoms with Crippen molar-refractivity contribution < 1.29 is 4.74 Å². The minimum absolute atomic E-state index is 0.0308. The summed E-state index contributed by atoms with van der Waals surface area (Å²) >= 11 is 7.80. The molecule has 21 heavy (non-hydrogen) atoms. The zero-order valence-corrected chi connectivity index (χ0v) is 14.3. The van der Waals surface area contributed by atoms with Gasteiger partial charge in [-0.15, -0.1) is 11.3 Å². The van der Waals surface area contributed by atoms with Crippen LogP contribution in [0.25, 0.3) is 0 Å². The van der Waals surface area contributed by atoms with E-state index >= 15 is 0 Å². The number of hydrogen-bond donors (Lipinski definition) is 1. The molecule has 1 heterocycles. The van der Waals surface area contributed by atoms with Crippen LogP contribution in [-0.4, -0.2) is 12.6 Å². The molecule has 0 saturated carbocycles. The Bertz CT molecular complexity index is 569. The fourth-order valence-electron chi connectivity index (χ4n) is 2.37. The Labute approximate surface area is 136 Å². The van der Waals surface area contributed by atoms with Crippen LogP contribution in [0.1, 0.15) is 36.8 Å². The molecular weight excluding hydrogens is 302 g/mol. The second-order valence-electron chi connectivity index (χ2n) is 5.14. The number of halogens is 1. The molecule has 1 aromatic heterocycles. The molecule has 114 valence electrons. The Morgan fingerprint density at radius 3 is 2.76 bits per heavy atom. The number of thiophene rings is 1. The molecule has 2 nitrogen and oxygen atoms in total. The molecule has 4 heteroatoms. The second kappa shape index (κ2) is 7.83. The summed E-state index contributed by atoms with van der Waals surface area (Å²) in [7, 11) is 0. The summed E-state index contributed by atoms with van der Waals surface area (Å²) in [6, 6.07) is 9.94. The number of hydrogen-bond acceptors (Lipinski definition) is 3. The number of ether oxygens (including phenoxy) is 1. The van der Waals surface area contributed by atoms with E-state index in [1.54, 1.807) is 11.3 Å². The lowest BCUT2D eigenvalue weighted by Crippen LogP contribution is -2.34. The Morgan fingerprint density at radius 1 is 1.33 bits per heavy atom. The summed E-state index contributed by atoms with van der Waals surface area (Å²) in [6.07, 6.45) is 1.13. The molecule has 2 atom stereocenters. The molecule has 2 unspecified atom stereocenters. The molecule has 2 rings (SSSR count). The predicted octanol–water partition coefficient (Wildman–Crippen LogP) is 5.22. The first-order chi connectivity index (χ1) is 10.1. The van der Waals surface area contributed by atoms with Crippen molar-refractivity contribution in [3.8, 4) is 5.75 Å². The van der Waals surface area contributed by atoms with Gasteiger partial charge in [-0.3, -0.25) is 0 Å². The van der Waals surface area contributed by atoms with Crippen LogP contribution in [0, 0.1) is 6.92 Å². The van der Waals surface area contributed by atoms with E-state index in [-0.39, 0.29) is 12.1 Å². The molecule has 0 aliphatic carbocycles. The summed E-state index contributed by atoms with van der Waals surface area (Å²) in [6.45, 7) is 7.41. The van der Waals surface area contributed by atoms with Crippen molar-refractivity contribution >= 4 is 22.9 Å². The Hall–Kier alpha value is -1.03. The third-order valence-electron chi connectivity index (χ3n) is 3.44. The van der Waals surface area contributed by atoms with Crippen LogP contribution in [-0.2, 0) is 0 Å². The van der Waals surface area contributed by atoms with Gasteiger partial charge in [-0.2, -0.15) is 0 Å². The van der Waals surface area contributed by atoms with Crippen molar-refractivity contribution in [2.75, 3.05) is 6.54 Å². The van der Waals surface area contributed by atoms with Crippen LogP contribution in [0.15, 0.2) is 35.7 Å². The lowest BCUT2D eigenvalue weighted by Gasteiger charge is -2.26. The lowest BCUT2D eigenvalue weighted by atomic mass is 10.0. The zero-order chi connectivity index (χ0) is 15.2. The van der Waals surface area contributed by atoms with Crippen molar-refractivity contribution in [2.24, 2.45) is 0 Å². The van der Waals surface area contributed by atoms with Gasteiger partial charge in [0.05, 0.1) is 6.04 Å². The van der Waals surface area contributed by atoms with Crippen LogP contribution in [0.3, 0.4) is 0 Å². The van der Waals surface area contributed by atoms with Crippen LogP contribution >= 0.6 is 22.9 Å². The molecule has 0 saturated heterocycles. The van der Waals surface area contributed by atoms with Gasteiger partial charge in [0, 0.05) is 9.90 Å². The van der Waals surface area contributed by atoms with Gasteiger partial charge in [0.15, 0.2) is 0 Å². The standard InChI is InChI=1S/C17H22ClNOS/c1-4-9-19-17(16-8-10-21-13(16)3)12(2)20-15-7-5-6-14(18)11-15/h5-8,10-12,17,19H,4,9H2,1-3H3. The maximum atomic E-state index is 6.09. The van der Waals surface area contributed by atoms with Gasteiger partial charge < -0.3 is 10.1 Å². The Balaban J connectivity index is 2.14. The molecular formula is C17H22ClNOS. The number of rotatable bonds is 7. The van der Waals surface area contributed by atoms with Gasteiger partial charge in [-0.05, 0) is 62.0 Å². The highest BCUT2D eigenvalue weighted by molar-refractivity contribution is 7.10. The van der Waals surface area contributed by atoms with E-state index in [2.05, 4.69) is 37.5 Å². The maximum absolute atomic E-state index is 6.09. The molecule has 1 aromatic carbocycles. The van der Waals surface area contributed by atoms with Crippen molar-refractivity contribution in [2.45, 2.75) is 39.3 Å². The van der Waals surface area contributed by atoms with Crippen LogP contribution in [0.2, 0.25) is 5.02 Å². The number of nitrogens with one attached hydrogen (secondary N) is 1. The summed E-state index contributed by atoms with van der Waals surface area (Å²) in [4.78, 5) is 1.34. The molecule has 0 aliphatic heterocycles. The van der Waals surface area contributed by atoms with E-state index in [4.69, 9.17) is 16.3 Å². The summed E-state index contributed by atoms with van der Waals surface area (Å²) in [5.74, 6) is 0.811. The molecule has 0 aliphatic rings. The van der Waals surface area contributed by atoms with Crippen LogP contribution in [0.5, 0.6) is 5.75 Å². The van der Waals surface area contributed by atoms with Crippen molar-refractivity contribution in [1.29, 1.82) is 0 Å². The topological polar surface area (TPSA) is 21.3 Å². The predicted molar refractivity (Wildman–Crippen MR) is 91.6 cm³/mol. The minimum atomic E-state index is 0.0308. The monoisotopic (exact) mass is 323 g/mol. The molecule has 1 N–H and O–H groups in total. The highest BCUT2D eigenvalue weighted by Crippen LogP contribution is 2.28. The van der Waals surface area contributed by atoms with Crippen LogP contribution in [0.4, 0.5) is 0 Å². The quantitative estimate of drug-likeness (QED) is 0.754. The van der Waals surface area contributed by atoms with Crippen molar-refractivity contribution in [3.05, 3.63) is 51.2 Å². The number of benzene rings is 1. The second-order valence-corrected chi connectivity index (χ2v) is 6.70. The van der Waals surface area contributed by atoms with E-state index in [9.17, 15) is 0 Å². The average Bonchev–Trinajstić information content (AvgIpc) is 2.86. The fraction of sp³-hybridized carbons (Fsp3) is 0.412. The molecule has 0 radical (unpaired) electrons. The first-order valence-electron chi connectivity index (χ1n) is 7.31. The highest BCUT2D eigenvalue weighted by atomic mass is 35.5. The zero-order valence-electron chi connectivity index (χ0n) is 12.7. The molecule has 0 fully saturated rings. The van der Waals surface area contributed by atoms with Gasteiger partial charge in [-0.1, -0.05) is 24.6 Å². The maximum Gasteiger partial charge on any atom is 0.121 e. The van der Waals surface area contributed by atoms with Gasteiger partial charge in [0.2, 0.25) is 0 Å². The van der Waals surface area contributed by atoms with Crippen molar-refractivity contribution in [1.82, 2.24) is 5.32 Å². The summed E-state index contributed by atoms with van der Waals surface area (Å²) in [5.41, 5.74) is 1.32. The van der Waals surface area contributed by atoms with Crippen LogP contribution < -0.4 is 10.1 Å². The smallest absolute Gasteiger partial charge is 0.121 e. The first kappa shape index (κ1) is 16.3. The van der Waals surface area contributed by atoms with Crippen molar-refractivity contribution in [3.63, 3.8) is 0 Å². The molecule has 0 spiro atoms. The summed E-state index contributed by atoms with van der Waals surface area (Å²) in [5, 5.41) is 6.43. The largest absolute Gasteiger partial charge is 0.489 e. The molecule has 0 amide bonds. The molecule has 2 aromatic rings.